The number of ether oxygens (including phenoxy) is 2. The summed E-state index contributed by atoms with van der Waals surface area (Å²) in [5.74, 6) is 1.51. The minimum absolute atomic E-state index is 0.314. The van der Waals surface area contributed by atoms with Crippen LogP contribution in [-0.2, 0) is 13.2 Å². The molecule has 0 bridgehead atoms. The first-order valence-corrected chi connectivity index (χ1v) is 13.5. The molecule has 0 aliphatic heterocycles. The van der Waals surface area contributed by atoms with E-state index in [4.69, 9.17) is 26.1 Å². The topological polar surface area (TPSA) is 86.5 Å². The summed E-state index contributed by atoms with van der Waals surface area (Å²) in [7, 11) is 0. The van der Waals surface area contributed by atoms with Gasteiger partial charge in [-0.15, -0.1) is 10.2 Å². The van der Waals surface area contributed by atoms with E-state index in [0.717, 1.165) is 50.6 Å². The highest BCUT2D eigenvalue weighted by Gasteiger charge is 2.15. The van der Waals surface area contributed by atoms with Gasteiger partial charge in [-0.05, 0) is 59.1 Å². The van der Waals surface area contributed by atoms with Gasteiger partial charge in [0, 0.05) is 22.5 Å². The van der Waals surface area contributed by atoms with Crippen LogP contribution in [0.5, 0.6) is 11.5 Å². The fraction of sp³-hybridized carbons (Fsp3) is 0.214. The zero-order valence-electron chi connectivity index (χ0n) is 21.0. The maximum absolute atomic E-state index is 6.28. The Morgan fingerprint density at radius 3 is 2.68 bits per heavy atom. The van der Waals surface area contributed by atoms with Crippen LogP contribution in [0.3, 0.4) is 0 Å². The fourth-order valence-corrected chi connectivity index (χ4v) is 4.96. The van der Waals surface area contributed by atoms with Crippen LogP contribution in [0.4, 0.5) is 5.95 Å². The highest BCUT2D eigenvalue weighted by Crippen LogP contribution is 2.37. The van der Waals surface area contributed by atoms with Crippen molar-refractivity contribution in [2.75, 3.05) is 12.0 Å². The van der Waals surface area contributed by atoms with Gasteiger partial charge in [-0.1, -0.05) is 54.9 Å². The molecule has 5 rings (SSSR count). The Morgan fingerprint density at radius 2 is 1.87 bits per heavy atom. The minimum Gasteiger partial charge on any atom is -0.490 e. The second-order valence-corrected chi connectivity index (χ2v) is 9.75. The van der Waals surface area contributed by atoms with Crippen molar-refractivity contribution in [3.8, 4) is 11.5 Å². The van der Waals surface area contributed by atoms with Crippen molar-refractivity contribution < 1.29 is 9.47 Å². The molecule has 0 fully saturated rings. The molecule has 5 aromatic rings. The summed E-state index contributed by atoms with van der Waals surface area (Å²) in [4.78, 5) is 4.70. The lowest BCUT2D eigenvalue weighted by atomic mass is 10.2. The summed E-state index contributed by atoms with van der Waals surface area (Å²) in [6.45, 7) is 5.70. The quantitative estimate of drug-likeness (QED) is 0.136. The maximum Gasteiger partial charge on any atom is 0.265 e. The van der Waals surface area contributed by atoms with Gasteiger partial charge in [0.2, 0.25) is 0 Å². The third kappa shape index (κ3) is 5.44. The number of fused-ring (bicyclic) bond motifs is 3. The Kier molecular flexibility index (Phi) is 8.05. The molecular weight excluding hydrogens is 568 g/mol. The lowest BCUT2D eigenvalue weighted by Gasteiger charge is -2.15. The number of anilines is 1. The molecule has 38 heavy (non-hydrogen) atoms. The standard InChI is InChI=1S/C28H26BrClN6O2/c1-3-13-36-23-12-8-6-10-20(23)25-27(36)32-28(35-33-25)34-31-16-18-14-21(29)26(24(15-18)37-4-2)38-17-19-9-5-7-11-22(19)30/h5-12,14-16H,3-4,13,17H2,1-2H3,(H,32,34,35)/b31-16+. The van der Waals surface area contributed by atoms with Crippen molar-refractivity contribution in [2.45, 2.75) is 33.4 Å². The normalized spacial score (nSPS) is 11.5. The van der Waals surface area contributed by atoms with Gasteiger partial charge in [-0.2, -0.15) is 10.1 Å². The van der Waals surface area contributed by atoms with E-state index in [1.54, 1.807) is 6.21 Å². The van der Waals surface area contributed by atoms with E-state index in [1.165, 1.54) is 0 Å². The van der Waals surface area contributed by atoms with Crippen LogP contribution in [0, 0.1) is 0 Å². The number of benzene rings is 3. The molecule has 0 saturated heterocycles. The number of hydrogen-bond acceptors (Lipinski definition) is 7. The molecule has 0 amide bonds. The number of nitrogens with zero attached hydrogens (tertiary/aromatic N) is 5. The molecule has 0 saturated carbocycles. The average molecular weight is 594 g/mol. The SMILES string of the molecule is CCCn1c2ccccc2c2nnc(N/N=C/c3cc(Br)c(OCc4ccccc4Cl)c(OCC)c3)nc21. The van der Waals surface area contributed by atoms with E-state index in [0.29, 0.717) is 35.7 Å². The highest BCUT2D eigenvalue weighted by molar-refractivity contribution is 9.10. The molecule has 1 N–H and O–H groups in total. The van der Waals surface area contributed by atoms with Gasteiger partial charge in [0.05, 0.1) is 22.8 Å². The van der Waals surface area contributed by atoms with Crippen LogP contribution in [0.1, 0.15) is 31.4 Å². The molecule has 0 aliphatic carbocycles. The molecule has 0 atom stereocenters. The number of hydrazone groups is 1. The summed E-state index contributed by atoms with van der Waals surface area (Å²) < 4.78 is 14.8. The first-order valence-electron chi connectivity index (χ1n) is 12.3. The predicted octanol–water partition coefficient (Wildman–Crippen LogP) is 7.23. The number of aromatic nitrogens is 4. The van der Waals surface area contributed by atoms with E-state index >= 15 is 0 Å². The molecule has 10 heteroatoms. The summed E-state index contributed by atoms with van der Waals surface area (Å²) in [6.07, 6.45) is 2.65. The van der Waals surface area contributed by atoms with Gasteiger partial charge >= 0.3 is 0 Å². The second-order valence-electron chi connectivity index (χ2n) is 8.49. The van der Waals surface area contributed by atoms with Gasteiger partial charge in [0.25, 0.3) is 5.95 Å². The monoisotopic (exact) mass is 592 g/mol. The number of halogens is 2. The van der Waals surface area contributed by atoms with Crippen LogP contribution >= 0.6 is 27.5 Å². The Balaban J connectivity index is 1.37. The Bertz CT molecular complexity index is 1620. The Morgan fingerprint density at radius 1 is 1.05 bits per heavy atom. The summed E-state index contributed by atoms with van der Waals surface area (Å²) in [5, 5.41) is 14.7. The number of aryl methyl sites for hydroxylation is 1. The maximum atomic E-state index is 6.28. The van der Waals surface area contributed by atoms with E-state index in [-0.39, 0.29) is 0 Å². The van der Waals surface area contributed by atoms with Crippen molar-refractivity contribution >= 4 is 61.8 Å². The summed E-state index contributed by atoms with van der Waals surface area (Å²) in [5.41, 5.74) is 7.25. The first-order chi connectivity index (χ1) is 18.6. The van der Waals surface area contributed by atoms with Gasteiger partial charge < -0.3 is 14.0 Å². The predicted molar refractivity (Wildman–Crippen MR) is 155 cm³/mol. The largest absolute Gasteiger partial charge is 0.490 e. The summed E-state index contributed by atoms with van der Waals surface area (Å²) >= 11 is 9.88. The van der Waals surface area contributed by atoms with Crippen LogP contribution in [0.2, 0.25) is 5.02 Å². The van der Waals surface area contributed by atoms with Crippen LogP contribution in [-0.4, -0.2) is 32.6 Å². The molecule has 0 radical (unpaired) electrons. The molecule has 8 nitrogen and oxygen atoms in total. The first kappa shape index (κ1) is 25.9. The van der Waals surface area contributed by atoms with Crippen LogP contribution in [0.15, 0.2) is 70.2 Å². The zero-order valence-corrected chi connectivity index (χ0v) is 23.3. The van der Waals surface area contributed by atoms with Gasteiger partial charge in [-0.3, -0.25) is 0 Å². The van der Waals surface area contributed by atoms with E-state index < -0.39 is 0 Å². The molecular formula is C28H26BrClN6O2. The van der Waals surface area contributed by atoms with Crippen molar-refractivity contribution in [3.05, 3.63) is 81.3 Å². The average Bonchev–Trinajstić information content (AvgIpc) is 3.22. The molecule has 0 aliphatic rings. The lowest BCUT2D eigenvalue weighted by molar-refractivity contribution is 0.267. The van der Waals surface area contributed by atoms with Gasteiger partial charge in [0.15, 0.2) is 17.1 Å². The van der Waals surface area contributed by atoms with Crippen LogP contribution < -0.4 is 14.9 Å². The lowest BCUT2D eigenvalue weighted by Crippen LogP contribution is -2.03. The van der Waals surface area contributed by atoms with E-state index in [9.17, 15) is 0 Å². The van der Waals surface area contributed by atoms with Crippen molar-refractivity contribution in [1.82, 2.24) is 19.7 Å². The number of nitrogens with one attached hydrogen (secondary N) is 1. The third-order valence-electron chi connectivity index (χ3n) is 5.86. The van der Waals surface area contributed by atoms with Crippen LogP contribution in [0.25, 0.3) is 22.1 Å². The fourth-order valence-electron chi connectivity index (χ4n) is 4.20. The van der Waals surface area contributed by atoms with Crippen molar-refractivity contribution in [2.24, 2.45) is 5.10 Å². The molecule has 194 valence electrons. The molecule has 0 unspecified atom stereocenters. The Hall–Kier alpha value is -3.69. The number of rotatable bonds is 10. The third-order valence-corrected chi connectivity index (χ3v) is 6.82. The molecule has 2 heterocycles. The van der Waals surface area contributed by atoms with E-state index in [2.05, 4.69) is 54.2 Å². The minimum atomic E-state index is 0.314. The highest BCUT2D eigenvalue weighted by atomic mass is 79.9. The molecule has 0 spiro atoms. The molecule has 2 aromatic heterocycles. The number of hydrogen-bond donors (Lipinski definition) is 1. The van der Waals surface area contributed by atoms with Crippen molar-refractivity contribution in [3.63, 3.8) is 0 Å². The second kappa shape index (κ2) is 11.8. The zero-order chi connectivity index (χ0) is 26.5. The number of para-hydroxylation sites is 1. The van der Waals surface area contributed by atoms with Crippen molar-refractivity contribution in [1.29, 1.82) is 0 Å². The smallest absolute Gasteiger partial charge is 0.265 e. The summed E-state index contributed by atoms with van der Waals surface area (Å²) in [6, 6.07) is 19.5. The molecule has 3 aromatic carbocycles. The Labute approximate surface area is 233 Å². The van der Waals surface area contributed by atoms with Gasteiger partial charge in [-0.25, -0.2) is 5.43 Å². The van der Waals surface area contributed by atoms with Gasteiger partial charge in [0.1, 0.15) is 12.1 Å². The van der Waals surface area contributed by atoms with E-state index in [1.807, 2.05) is 61.5 Å².